The summed E-state index contributed by atoms with van der Waals surface area (Å²) in [6, 6.07) is 0.650. The van der Waals surface area contributed by atoms with E-state index in [2.05, 4.69) is 23.9 Å². The highest BCUT2D eigenvalue weighted by atomic mass is 32.1. The average Bonchev–Trinajstić information content (AvgIpc) is 2.34. The summed E-state index contributed by atoms with van der Waals surface area (Å²) in [4.78, 5) is 5.23. The Balaban J connectivity index is 2.39. The van der Waals surface area contributed by atoms with Crippen molar-refractivity contribution in [2.45, 2.75) is 18.9 Å². The summed E-state index contributed by atoms with van der Waals surface area (Å²) in [6.45, 7) is 3.05. The molecule has 0 saturated carbocycles. The van der Waals surface area contributed by atoms with Crippen LogP contribution in [-0.2, 0) is 0 Å². The van der Waals surface area contributed by atoms with Gasteiger partial charge in [0.25, 0.3) is 0 Å². The van der Waals surface area contributed by atoms with Crippen LogP contribution in [0.1, 0.15) is 12.8 Å². The Bertz CT molecular complexity index is 182. The van der Waals surface area contributed by atoms with Crippen molar-refractivity contribution in [1.82, 2.24) is 9.80 Å². The van der Waals surface area contributed by atoms with E-state index in [4.69, 9.17) is 18.0 Å². The molecule has 1 saturated heterocycles. The third-order valence-electron chi connectivity index (χ3n) is 2.43. The lowest BCUT2D eigenvalue weighted by molar-refractivity contribution is 0.230. The van der Waals surface area contributed by atoms with Gasteiger partial charge in [-0.2, -0.15) is 0 Å². The number of hydrogen-bond donors (Lipinski definition) is 1. The van der Waals surface area contributed by atoms with E-state index in [0.29, 0.717) is 11.0 Å². The van der Waals surface area contributed by atoms with Crippen LogP contribution in [0.3, 0.4) is 0 Å². The zero-order valence-corrected chi connectivity index (χ0v) is 9.31. The molecule has 1 fully saturated rings. The predicted octanol–water partition coefficient (Wildman–Crippen LogP) is 0.298. The van der Waals surface area contributed by atoms with E-state index in [9.17, 15) is 0 Å². The van der Waals surface area contributed by atoms with Crippen molar-refractivity contribution >= 4 is 17.2 Å². The van der Waals surface area contributed by atoms with Crippen molar-refractivity contribution in [3.63, 3.8) is 0 Å². The van der Waals surface area contributed by atoms with Crippen LogP contribution >= 0.6 is 12.2 Å². The summed E-state index contributed by atoms with van der Waals surface area (Å²) in [5.41, 5.74) is 5.54. The van der Waals surface area contributed by atoms with Crippen LogP contribution in [0.5, 0.6) is 0 Å². The van der Waals surface area contributed by atoms with Gasteiger partial charge in [0.2, 0.25) is 0 Å². The molecule has 1 aliphatic rings. The molecular formula is C9H19N3S. The molecule has 3 nitrogen and oxygen atoms in total. The highest BCUT2D eigenvalue weighted by Gasteiger charge is 2.24. The van der Waals surface area contributed by atoms with E-state index in [0.717, 1.165) is 19.6 Å². The van der Waals surface area contributed by atoms with Crippen LogP contribution in [0.4, 0.5) is 0 Å². The number of hydrogen-bond acceptors (Lipinski definition) is 3. The highest BCUT2D eigenvalue weighted by molar-refractivity contribution is 7.80. The van der Waals surface area contributed by atoms with Crippen LogP contribution < -0.4 is 5.73 Å². The van der Waals surface area contributed by atoms with Crippen molar-refractivity contribution in [1.29, 1.82) is 0 Å². The standard InChI is InChI=1S/C9H19N3S/c1-11(2)6-8-4-3-5-12(8)7-9(10)13/h8H,3-7H2,1-2H3,(H2,10,13). The first-order chi connectivity index (χ1) is 6.09. The molecule has 13 heavy (non-hydrogen) atoms. The van der Waals surface area contributed by atoms with Gasteiger partial charge in [-0.25, -0.2) is 0 Å². The first kappa shape index (κ1) is 10.9. The maximum atomic E-state index is 5.54. The Morgan fingerprint density at radius 2 is 2.31 bits per heavy atom. The summed E-state index contributed by atoms with van der Waals surface area (Å²) in [7, 11) is 4.22. The SMILES string of the molecule is CN(C)CC1CCCN1CC(N)=S. The van der Waals surface area contributed by atoms with Gasteiger partial charge in [0.1, 0.15) is 0 Å². The monoisotopic (exact) mass is 201 g/mol. The molecular weight excluding hydrogens is 182 g/mol. The molecule has 0 aromatic heterocycles. The topological polar surface area (TPSA) is 32.5 Å². The number of likely N-dealkylation sites (N-methyl/N-ethyl adjacent to an activating group) is 1. The predicted molar refractivity (Wildman–Crippen MR) is 59.9 cm³/mol. The molecule has 0 radical (unpaired) electrons. The van der Waals surface area contributed by atoms with Crippen molar-refractivity contribution in [3.8, 4) is 0 Å². The van der Waals surface area contributed by atoms with E-state index < -0.39 is 0 Å². The molecule has 0 spiro atoms. The molecule has 2 N–H and O–H groups in total. The Morgan fingerprint density at radius 3 is 2.85 bits per heavy atom. The molecule has 0 bridgehead atoms. The number of likely N-dealkylation sites (tertiary alicyclic amines) is 1. The molecule has 0 amide bonds. The summed E-state index contributed by atoms with van der Waals surface area (Å²) in [5.74, 6) is 0. The van der Waals surface area contributed by atoms with Gasteiger partial charge in [0, 0.05) is 19.1 Å². The molecule has 1 heterocycles. The Kier molecular flexibility index (Phi) is 4.09. The van der Waals surface area contributed by atoms with E-state index in [1.807, 2.05) is 0 Å². The molecule has 0 aliphatic carbocycles. The normalized spacial score (nSPS) is 24.1. The number of thiocarbonyl (C=S) groups is 1. The fourth-order valence-electron chi connectivity index (χ4n) is 1.93. The Hall–Kier alpha value is -0.190. The van der Waals surface area contributed by atoms with Crippen LogP contribution in [0.15, 0.2) is 0 Å². The average molecular weight is 201 g/mol. The van der Waals surface area contributed by atoms with Gasteiger partial charge in [-0.3, -0.25) is 4.90 Å². The Labute approximate surface area is 85.9 Å². The molecule has 1 atom stereocenters. The summed E-state index contributed by atoms with van der Waals surface area (Å²) in [6.07, 6.45) is 2.56. The molecule has 1 aliphatic heterocycles. The van der Waals surface area contributed by atoms with E-state index in [-0.39, 0.29) is 0 Å². The van der Waals surface area contributed by atoms with Crippen molar-refractivity contribution in [2.75, 3.05) is 33.7 Å². The lowest BCUT2D eigenvalue weighted by atomic mass is 10.2. The number of nitrogens with zero attached hydrogens (tertiary/aromatic N) is 2. The van der Waals surface area contributed by atoms with Crippen LogP contribution in [0.25, 0.3) is 0 Å². The second kappa shape index (κ2) is 4.88. The minimum atomic E-state index is 0.616. The molecule has 0 aromatic rings. The zero-order valence-electron chi connectivity index (χ0n) is 8.49. The third kappa shape index (κ3) is 3.58. The first-order valence-corrected chi connectivity index (χ1v) is 5.17. The fourth-order valence-corrected chi connectivity index (χ4v) is 2.10. The molecule has 0 aromatic carbocycles. The van der Waals surface area contributed by atoms with Gasteiger partial charge in [-0.05, 0) is 33.5 Å². The van der Waals surface area contributed by atoms with Gasteiger partial charge in [-0.1, -0.05) is 12.2 Å². The second-order valence-electron chi connectivity index (χ2n) is 4.00. The maximum Gasteiger partial charge on any atom is 0.0870 e. The Morgan fingerprint density at radius 1 is 1.62 bits per heavy atom. The van der Waals surface area contributed by atoms with Crippen molar-refractivity contribution in [3.05, 3.63) is 0 Å². The van der Waals surface area contributed by atoms with Gasteiger partial charge >= 0.3 is 0 Å². The maximum absolute atomic E-state index is 5.54. The zero-order chi connectivity index (χ0) is 9.84. The molecule has 1 rings (SSSR count). The lowest BCUT2D eigenvalue weighted by Gasteiger charge is -2.26. The summed E-state index contributed by atoms with van der Waals surface area (Å²) < 4.78 is 0. The van der Waals surface area contributed by atoms with Crippen molar-refractivity contribution in [2.24, 2.45) is 5.73 Å². The largest absolute Gasteiger partial charge is 0.392 e. The minimum absolute atomic E-state index is 0.616. The van der Waals surface area contributed by atoms with Crippen LogP contribution in [-0.4, -0.2) is 54.6 Å². The highest BCUT2D eigenvalue weighted by Crippen LogP contribution is 2.16. The van der Waals surface area contributed by atoms with Crippen LogP contribution in [0, 0.1) is 0 Å². The van der Waals surface area contributed by atoms with Gasteiger partial charge in [0.05, 0.1) is 4.99 Å². The minimum Gasteiger partial charge on any atom is -0.392 e. The first-order valence-electron chi connectivity index (χ1n) is 4.76. The molecule has 4 heteroatoms. The molecule has 1 unspecified atom stereocenters. The quantitative estimate of drug-likeness (QED) is 0.663. The lowest BCUT2D eigenvalue weighted by Crippen LogP contribution is -2.41. The van der Waals surface area contributed by atoms with Crippen LogP contribution in [0.2, 0.25) is 0 Å². The second-order valence-corrected chi connectivity index (χ2v) is 4.52. The smallest absolute Gasteiger partial charge is 0.0870 e. The van der Waals surface area contributed by atoms with E-state index in [1.54, 1.807) is 0 Å². The molecule has 76 valence electrons. The van der Waals surface area contributed by atoms with Crippen molar-refractivity contribution < 1.29 is 0 Å². The van der Waals surface area contributed by atoms with Gasteiger partial charge < -0.3 is 10.6 Å². The number of rotatable bonds is 4. The van der Waals surface area contributed by atoms with E-state index >= 15 is 0 Å². The summed E-state index contributed by atoms with van der Waals surface area (Å²) >= 11 is 4.92. The van der Waals surface area contributed by atoms with E-state index in [1.165, 1.54) is 12.8 Å². The third-order valence-corrected chi connectivity index (χ3v) is 2.56. The number of nitrogens with two attached hydrogens (primary N) is 1. The fraction of sp³-hybridized carbons (Fsp3) is 0.889. The van der Waals surface area contributed by atoms with Gasteiger partial charge in [-0.15, -0.1) is 0 Å². The van der Waals surface area contributed by atoms with Gasteiger partial charge in [0.15, 0.2) is 0 Å². The summed E-state index contributed by atoms with van der Waals surface area (Å²) in [5, 5.41) is 0.